The molecule has 1 aliphatic carbocycles. The highest BCUT2D eigenvalue weighted by Gasteiger charge is 2.37. The van der Waals surface area contributed by atoms with E-state index >= 15 is 0 Å². The zero-order valence-corrected chi connectivity index (χ0v) is 11.7. The molecule has 0 fully saturated rings. The van der Waals surface area contributed by atoms with Gasteiger partial charge in [-0.05, 0) is 6.07 Å². The monoisotopic (exact) mass is 315 g/mol. The summed E-state index contributed by atoms with van der Waals surface area (Å²) in [7, 11) is 0. The van der Waals surface area contributed by atoms with Gasteiger partial charge in [0.25, 0.3) is 5.69 Å². The van der Waals surface area contributed by atoms with Crippen molar-refractivity contribution in [3.63, 3.8) is 0 Å². The lowest BCUT2D eigenvalue weighted by Crippen LogP contribution is -2.23. The molecular weight excluding hydrogens is 305 g/mol. The van der Waals surface area contributed by atoms with E-state index in [9.17, 15) is 24.1 Å². The first kappa shape index (κ1) is 14.8. The molecule has 23 heavy (non-hydrogen) atoms. The number of fused-ring (bicyclic) bond motifs is 2. The Morgan fingerprint density at radius 1 is 1.00 bits per heavy atom. The summed E-state index contributed by atoms with van der Waals surface area (Å²) in [4.78, 5) is 35.8. The lowest BCUT2D eigenvalue weighted by molar-refractivity contribution is -0.385. The van der Waals surface area contributed by atoms with Crippen LogP contribution in [0.5, 0.6) is 5.75 Å². The van der Waals surface area contributed by atoms with Gasteiger partial charge in [-0.15, -0.1) is 0 Å². The van der Waals surface area contributed by atoms with Gasteiger partial charge < -0.3 is 4.74 Å². The third-order valence-electron chi connectivity index (χ3n) is 3.55. The van der Waals surface area contributed by atoms with E-state index in [4.69, 9.17) is 4.74 Å². The molecule has 0 heterocycles. The van der Waals surface area contributed by atoms with Crippen molar-refractivity contribution < 1.29 is 23.6 Å². The summed E-state index contributed by atoms with van der Waals surface area (Å²) in [5, 5.41) is 11.2. The molecule has 0 aromatic heterocycles. The van der Waals surface area contributed by atoms with E-state index in [2.05, 4.69) is 0 Å². The van der Waals surface area contributed by atoms with Crippen LogP contribution in [-0.4, -0.2) is 29.8 Å². The maximum Gasteiger partial charge on any atom is 0.281 e. The Labute approximate surface area is 129 Å². The molecule has 0 saturated carbocycles. The zero-order chi connectivity index (χ0) is 16.6. The van der Waals surface area contributed by atoms with Crippen LogP contribution in [-0.2, 0) is 0 Å². The van der Waals surface area contributed by atoms with Crippen molar-refractivity contribution in [2.75, 3.05) is 13.3 Å². The number of ether oxygens (including phenoxy) is 1. The van der Waals surface area contributed by atoms with E-state index < -0.39 is 28.9 Å². The molecule has 0 spiro atoms. The minimum atomic E-state index is -0.787. The molecule has 0 bridgehead atoms. The molecule has 6 nitrogen and oxygen atoms in total. The van der Waals surface area contributed by atoms with Crippen LogP contribution < -0.4 is 4.74 Å². The fourth-order valence-electron chi connectivity index (χ4n) is 2.60. The average Bonchev–Trinajstić information content (AvgIpc) is 2.56. The fraction of sp³-hybridized carbons (Fsp3) is 0.125. The number of benzene rings is 2. The summed E-state index contributed by atoms with van der Waals surface area (Å²) in [6.45, 7) is -1.10. The molecule has 0 radical (unpaired) electrons. The predicted molar refractivity (Wildman–Crippen MR) is 77.9 cm³/mol. The van der Waals surface area contributed by atoms with Crippen LogP contribution in [0.3, 0.4) is 0 Å². The van der Waals surface area contributed by atoms with Crippen LogP contribution in [0.2, 0.25) is 0 Å². The Hall–Kier alpha value is -3.09. The third-order valence-corrected chi connectivity index (χ3v) is 3.55. The van der Waals surface area contributed by atoms with Crippen molar-refractivity contribution >= 4 is 17.3 Å². The van der Waals surface area contributed by atoms with Crippen LogP contribution in [0.1, 0.15) is 31.8 Å². The van der Waals surface area contributed by atoms with Crippen molar-refractivity contribution in [2.24, 2.45) is 0 Å². The van der Waals surface area contributed by atoms with E-state index in [-0.39, 0.29) is 34.6 Å². The topological polar surface area (TPSA) is 86.5 Å². The van der Waals surface area contributed by atoms with Crippen molar-refractivity contribution in [1.29, 1.82) is 0 Å². The summed E-state index contributed by atoms with van der Waals surface area (Å²) >= 11 is 0. The first-order valence-corrected chi connectivity index (χ1v) is 6.75. The molecule has 3 rings (SSSR count). The number of carbonyl (C=O) groups is 2. The minimum Gasteiger partial charge on any atom is -0.490 e. The molecule has 0 atom stereocenters. The quantitative estimate of drug-likeness (QED) is 0.546. The van der Waals surface area contributed by atoms with E-state index in [1.165, 1.54) is 18.2 Å². The van der Waals surface area contributed by atoms with E-state index in [1.54, 1.807) is 12.1 Å². The second-order valence-electron chi connectivity index (χ2n) is 4.83. The number of nitro groups is 1. The van der Waals surface area contributed by atoms with Crippen molar-refractivity contribution in [2.45, 2.75) is 0 Å². The van der Waals surface area contributed by atoms with Crippen LogP contribution in [0.15, 0.2) is 36.4 Å². The molecule has 0 aliphatic heterocycles. The van der Waals surface area contributed by atoms with Crippen molar-refractivity contribution in [3.05, 3.63) is 68.8 Å². The standard InChI is InChI=1S/C16H10FNO5/c17-7-8-23-12-6-5-11(18(21)22)13-14(12)16(20)10-4-2-1-3-9(10)15(13)19/h1-6H,7-8H2. The maximum atomic E-state index is 12.7. The lowest BCUT2D eigenvalue weighted by atomic mass is 9.83. The van der Waals surface area contributed by atoms with Gasteiger partial charge in [0.1, 0.15) is 24.6 Å². The molecule has 0 amide bonds. The van der Waals surface area contributed by atoms with Gasteiger partial charge in [0.15, 0.2) is 5.78 Å². The van der Waals surface area contributed by atoms with Gasteiger partial charge in [0.2, 0.25) is 5.78 Å². The Kier molecular flexibility index (Phi) is 3.61. The first-order valence-electron chi connectivity index (χ1n) is 6.75. The number of hydrogen-bond donors (Lipinski definition) is 0. The SMILES string of the molecule is O=C1c2ccccc2C(=O)c2c([N+](=O)[O-])ccc(OCCF)c21. The summed E-state index contributed by atoms with van der Waals surface area (Å²) in [5.74, 6) is -1.20. The number of alkyl halides is 1. The molecular formula is C16H10FNO5. The number of nitrogens with zero attached hydrogens (tertiary/aromatic N) is 1. The minimum absolute atomic E-state index is 0.0314. The van der Waals surface area contributed by atoms with Gasteiger partial charge in [-0.3, -0.25) is 19.7 Å². The highest BCUT2D eigenvalue weighted by atomic mass is 19.1. The Morgan fingerprint density at radius 2 is 1.61 bits per heavy atom. The number of ketones is 2. The van der Waals surface area contributed by atoms with Crippen molar-refractivity contribution in [1.82, 2.24) is 0 Å². The fourth-order valence-corrected chi connectivity index (χ4v) is 2.60. The number of nitro benzene ring substituents is 1. The molecule has 0 unspecified atom stereocenters. The first-order chi connectivity index (χ1) is 11.1. The largest absolute Gasteiger partial charge is 0.490 e. The summed E-state index contributed by atoms with van der Waals surface area (Å²) in [5.41, 5.74) is -0.710. The van der Waals surface area contributed by atoms with Gasteiger partial charge in [-0.25, -0.2) is 4.39 Å². The highest BCUT2D eigenvalue weighted by molar-refractivity contribution is 6.30. The zero-order valence-electron chi connectivity index (χ0n) is 11.7. The van der Waals surface area contributed by atoms with Gasteiger partial charge >= 0.3 is 0 Å². The Bertz CT molecular complexity index is 846. The number of rotatable bonds is 4. The smallest absolute Gasteiger partial charge is 0.281 e. The van der Waals surface area contributed by atoms with Gasteiger partial charge in [0, 0.05) is 17.2 Å². The number of carbonyl (C=O) groups excluding carboxylic acids is 2. The second kappa shape index (κ2) is 5.60. The normalized spacial score (nSPS) is 12.6. The van der Waals surface area contributed by atoms with Gasteiger partial charge in [-0.2, -0.15) is 0 Å². The van der Waals surface area contributed by atoms with Crippen LogP contribution in [0.4, 0.5) is 10.1 Å². The number of hydrogen-bond acceptors (Lipinski definition) is 5. The third kappa shape index (κ3) is 2.26. The summed E-state index contributed by atoms with van der Waals surface area (Å²) in [6.07, 6.45) is 0. The summed E-state index contributed by atoms with van der Waals surface area (Å²) < 4.78 is 17.5. The lowest BCUT2D eigenvalue weighted by Gasteiger charge is -2.19. The molecule has 2 aromatic rings. The summed E-state index contributed by atoms with van der Waals surface area (Å²) in [6, 6.07) is 8.38. The number of halogens is 1. The van der Waals surface area contributed by atoms with Crippen molar-refractivity contribution in [3.8, 4) is 5.75 Å². The predicted octanol–water partition coefficient (Wildman–Crippen LogP) is 2.72. The molecule has 2 aromatic carbocycles. The Balaban J connectivity index is 2.29. The van der Waals surface area contributed by atoms with E-state index in [0.29, 0.717) is 0 Å². The molecule has 0 saturated heterocycles. The van der Waals surface area contributed by atoms with Crippen LogP contribution in [0.25, 0.3) is 0 Å². The molecule has 1 aliphatic rings. The Morgan fingerprint density at radius 3 is 2.17 bits per heavy atom. The maximum absolute atomic E-state index is 12.7. The van der Waals surface area contributed by atoms with Gasteiger partial charge in [0.05, 0.1) is 10.5 Å². The molecule has 0 N–H and O–H groups in total. The molecule has 116 valence electrons. The van der Waals surface area contributed by atoms with E-state index in [1.807, 2.05) is 0 Å². The average molecular weight is 315 g/mol. The second-order valence-corrected chi connectivity index (χ2v) is 4.83. The van der Waals surface area contributed by atoms with Crippen LogP contribution in [0, 0.1) is 10.1 Å². The van der Waals surface area contributed by atoms with Gasteiger partial charge in [-0.1, -0.05) is 24.3 Å². The molecule has 7 heteroatoms. The highest BCUT2D eigenvalue weighted by Crippen LogP contribution is 2.38. The van der Waals surface area contributed by atoms with E-state index in [0.717, 1.165) is 6.07 Å². The van der Waals surface area contributed by atoms with Crippen LogP contribution >= 0.6 is 0 Å².